The van der Waals surface area contributed by atoms with E-state index in [-0.39, 0.29) is 5.91 Å². The maximum Gasteiger partial charge on any atom is 0.416 e. The topological polar surface area (TPSA) is 81.1 Å². The number of carbonyl (C=O) groups is 1. The molecule has 0 saturated heterocycles. The molecule has 0 heterocycles. The zero-order chi connectivity index (χ0) is 19.2. The Kier molecular flexibility index (Phi) is 6.78. The number of aryl methyl sites for hydroxylation is 1. The molecule has 0 aromatic heterocycles. The minimum absolute atomic E-state index is 0.160. The fourth-order valence-corrected chi connectivity index (χ4v) is 1.90. The molecule has 2 aromatic carbocycles. The lowest BCUT2D eigenvalue weighted by Gasteiger charge is -2.08. The number of halogens is 4. The van der Waals surface area contributed by atoms with Crippen LogP contribution in [0.1, 0.15) is 25.0 Å². The van der Waals surface area contributed by atoms with E-state index in [0.29, 0.717) is 35.1 Å². The van der Waals surface area contributed by atoms with E-state index >= 15 is 0 Å². The number of anilines is 3. The number of benzene rings is 2. The number of para-hydroxylation sites is 1. The smallest absolute Gasteiger partial charge is 0.397 e. The van der Waals surface area contributed by atoms with Crippen molar-refractivity contribution in [3.63, 3.8) is 0 Å². The molecule has 0 fully saturated rings. The third-order valence-corrected chi connectivity index (χ3v) is 3.14. The number of nitrogens with one attached hydrogen (secondary N) is 1. The van der Waals surface area contributed by atoms with Gasteiger partial charge in [0, 0.05) is 6.92 Å². The van der Waals surface area contributed by atoms with Crippen molar-refractivity contribution in [1.82, 2.24) is 0 Å². The van der Waals surface area contributed by atoms with Crippen molar-refractivity contribution in [3.05, 3.63) is 53.3 Å². The number of nitrogens with two attached hydrogens (primary N) is 2. The van der Waals surface area contributed by atoms with E-state index < -0.39 is 17.6 Å². The molecule has 0 radical (unpaired) electrons. The Bertz CT molecular complexity index is 745. The summed E-state index contributed by atoms with van der Waals surface area (Å²) in [6.07, 6.45) is -4.08. The van der Waals surface area contributed by atoms with Crippen LogP contribution in [0.2, 0.25) is 0 Å². The number of rotatable bonds is 2. The van der Waals surface area contributed by atoms with Crippen molar-refractivity contribution in [2.75, 3.05) is 16.8 Å². The predicted molar refractivity (Wildman–Crippen MR) is 90.4 cm³/mol. The summed E-state index contributed by atoms with van der Waals surface area (Å²) in [5.41, 5.74) is 12.0. The highest BCUT2D eigenvalue weighted by Gasteiger charge is 2.31. The van der Waals surface area contributed by atoms with Gasteiger partial charge in [-0.3, -0.25) is 4.79 Å². The summed E-state index contributed by atoms with van der Waals surface area (Å²) in [5, 5.41) is 2.57. The van der Waals surface area contributed by atoms with Crippen molar-refractivity contribution in [1.29, 1.82) is 0 Å². The van der Waals surface area contributed by atoms with Gasteiger partial charge in [-0.1, -0.05) is 13.0 Å². The molecule has 0 unspecified atom stereocenters. The van der Waals surface area contributed by atoms with Crippen LogP contribution < -0.4 is 16.8 Å². The average Bonchev–Trinajstić information content (AvgIpc) is 2.50. The van der Waals surface area contributed by atoms with Crippen molar-refractivity contribution in [2.24, 2.45) is 0 Å². The number of hydrogen-bond donors (Lipinski definition) is 3. The van der Waals surface area contributed by atoms with Crippen LogP contribution in [0.15, 0.2) is 36.4 Å². The first kappa shape index (κ1) is 20.3. The van der Waals surface area contributed by atoms with Crippen LogP contribution in [0.25, 0.3) is 0 Å². The Morgan fingerprint density at radius 1 is 1.16 bits per heavy atom. The SMILES string of the molecule is CC(=O)Nc1cccc(N)c1N.CCc1cc(F)cc(C(F)(F)F)c1. The molecule has 136 valence electrons. The summed E-state index contributed by atoms with van der Waals surface area (Å²) in [6, 6.07) is 7.68. The highest BCUT2D eigenvalue weighted by atomic mass is 19.4. The summed E-state index contributed by atoms with van der Waals surface area (Å²) in [6.45, 7) is 3.09. The Morgan fingerprint density at radius 3 is 2.32 bits per heavy atom. The molecule has 2 aromatic rings. The maximum absolute atomic E-state index is 12.6. The number of carbonyl (C=O) groups excluding carboxylic acids is 1. The monoisotopic (exact) mass is 357 g/mol. The van der Waals surface area contributed by atoms with Gasteiger partial charge in [-0.15, -0.1) is 0 Å². The summed E-state index contributed by atoms with van der Waals surface area (Å²) in [7, 11) is 0. The molecule has 0 spiro atoms. The molecule has 1 amide bonds. The average molecular weight is 357 g/mol. The molecule has 8 heteroatoms. The molecule has 0 aliphatic rings. The van der Waals surface area contributed by atoms with E-state index in [4.69, 9.17) is 11.5 Å². The number of hydrogen-bond acceptors (Lipinski definition) is 3. The fourth-order valence-electron chi connectivity index (χ4n) is 1.90. The summed E-state index contributed by atoms with van der Waals surface area (Å²) < 4.78 is 49.0. The lowest BCUT2D eigenvalue weighted by molar-refractivity contribution is -0.137. The molecule has 0 bridgehead atoms. The summed E-state index contributed by atoms with van der Waals surface area (Å²) in [4.78, 5) is 10.7. The third kappa shape index (κ3) is 6.33. The largest absolute Gasteiger partial charge is 0.416 e. The van der Waals surface area contributed by atoms with Crippen LogP contribution in [0.5, 0.6) is 0 Å². The van der Waals surface area contributed by atoms with Gasteiger partial charge < -0.3 is 16.8 Å². The Labute approximate surface area is 142 Å². The number of nitrogen functional groups attached to an aromatic ring is 2. The molecular weight excluding hydrogens is 338 g/mol. The van der Waals surface area contributed by atoms with Crippen LogP contribution in [-0.4, -0.2) is 5.91 Å². The van der Waals surface area contributed by atoms with Gasteiger partial charge in [0.15, 0.2) is 0 Å². The van der Waals surface area contributed by atoms with E-state index in [1.807, 2.05) is 0 Å². The second kappa shape index (κ2) is 8.36. The Balaban J connectivity index is 0.000000251. The lowest BCUT2D eigenvalue weighted by Crippen LogP contribution is -2.08. The minimum Gasteiger partial charge on any atom is -0.397 e. The first-order valence-electron chi connectivity index (χ1n) is 7.32. The van der Waals surface area contributed by atoms with Gasteiger partial charge >= 0.3 is 6.18 Å². The van der Waals surface area contributed by atoms with Crippen molar-refractivity contribution < 1.29 is 22.4 Å². The van der Waals surface area contributed by atoms with Gasteiger partial charge in [-0.2, -0.15) is 13.2 Å². The minimum atomic E-state index is -4.47. The standard InChI is InChI=1S/C9H8F4.C8H11N3O/c1-2-6-3-7(9(11,12)13)5-8(10)4-6;1-5(12)11-7-4-2-3-6(9)8(7)10/h3-5H,2H2,1H3;2-4H,9-10H2,1H3,(H,11,12). The zero-order valence-corrected chi connectivity index (χ0v) is 13.7. The van der Waals surface area contributed by atoms with Gasteiger partial charge in [0.2, 0.25) is 5.91 Å². The van der Waals surface area contributed by atoms with Crippen LogP contribution in [0.4, 0.5) is 34.6 Å². The molecule has 0 aliphatic heterocycles. The number of amides is 1. The van der Waals surface area contributed by atoms with E-state index in [1.165, 1.54) is 6.92 Å². The molecule has 25 heavy (non-hydrogen) atoms. The van der Waals surface area contributed by atoms with Crippen molar-refractivity contribution in [3.8, 4) is 0 Å². The van der Waals surface area contributed by atoms with E-state index in [9.17, 15) is 22.4 Å². The molecule has 5 N–H and O–H groups in total. The van der Waals surface area contributed by atoms with Crippen LogP contribution >= 0.6 is 0 Å². The van der Waals surface area contributed by atoms with E-state index in [1.54, 1.807) is 25.1 Å². The highest BCUT2D eigenvalue weighted by molar-refractivity contribution is 5.94. The first-order valence-corrected chi connectivity index (χ1v) is 7.32. The Morgan fingerprint density at radius 2 is 1.80 bits per heavy atom. The first-order chi connectivity index (χ1) is 11.5. The van der Waals surface area contributed by atoms with Crippen molar-refractivity contribution in [2.45, 2.75) is 26.4 Å². The molecule has 0 saturated carbocycles. The van der Waals surface area contributed by atoms with Gasteiger partial charge in [0.25, 0.3) is 0 Å². The Hall–Kier alpha value is -2.77. The van der Waals surface area contributed by atoms with Crippen LogP contribution in [-0.2, 0) is 17.4 Å². The molecule has 4 nitrogen and oxygen atoms in total. The summed E-state index contributed by atoms with van der Waals surface area (Å²) in [5.74, 6) is -1.00. The molecule has 0 aliphatic carbocycles. The quantitative estimate of drug-likeness (QED) is 0.556. The van der Waals surface area contributed by atoms with Gasteiger partial charge in [-0.05, 0) is 42.3 Å². The van der Waals surface area contributed by atoms with E-state index in [0.717, 1.165) is 12.1 Å². The van der Waals surface area contributed by atoms with Gasteiger partial charge in [-0.25, -0.2) is 4.39 Å². The lowest BCUT2D eigenvalue weighted by atomic mass is 10.1. The van der Waals surface area contributed by atoms with Crippen LogP contribution in [0, 0.1) is 5.82 Å². The molecular formula is C17H19F4N3O. The van der Waals surface area contributed by atoms with E-state index in [2.05, 4.69) is 5.32 Å². The third-order valence-electron chi connectivity index (χ3n) is 3.14. The van der Waals surface area contributed by atoms with Gasteiger partial charge in [0.1, 0.15) is 5.82 Å². The van der Waals surface area contributed by atoms with Crippen LogP contribution in [0.3, 0.4) is 0 Å². The second-order valence-electron chi connectivity index (χ2n) is 5.19. The predicted octanol–water partition coefficient (Wildman–Crippen LogP) is 4.22. The number of alkyl halides is 3. The fraction of sp³-hybridized carbons (Fsp3) is 0.235. The second-order valence-corrected chi connectivity index (χ2v) is 5.19. The molecule has 0 atom stereocenters. The maximum atomic E-state index is 12.6. The summed E-state index contributed by atoms with van der Waals surface area (Å²) >= 11 is 0. The van der Waals surface area contributed by atoms with Crippen molar-refractivity contribution >= 4 is 23.0 Å². The van der Waals surface area contributed by atoms with Gasteiger partial charge in [0.05, 0.1) is 22.6 Å². The molecule has 2 rings (SSSR count). The normalized spacial score (nSPS) is 10.6. The zero-order valence-electron chi connectivity index (χ0n) is 13.7. The highest BCUT2D eigenvalue weighted by Crippen LogP contribution is 2.30.